The van der Waals surface area contributed by atoms with Crippen LogP contribution in [0.25, 0.3) is 0 Å². The molecule has 2 aromatic rings. The zero-order chi connectivity index (χ0) is 14.9. The van der Waals surface area contributed by atoms with Crippen LogP contribution in [-0.2, 0) is 6.54 Å². The van der Waals surface area contributed by atoms with Gasteiger partial charge in [-0.05, 0) is 37.0 Å². The molecule has 22 heavy (non-hydrogen) atoms. The predicted molar refractivity (Wildman–Crippen MR) is 80.3 cm³/mol. The van der Waals surface area contributed by atoms with Crippen molar-refractivity contribution in [3.05, 3.63) is 36.2 Å². The van der Waals surface area contributed by atoms with E-state index in [2.05, 4.69) is 10.4 Å². The van der Waals surface area contributed by atoms with Crippen molar-refractivity contribution in [1.29, 1.82) is 0 Å². The van der Waals surface area contributed by atoms with Gasteiger partial charge in [0.25, 0.3) is 5.91 Å². The molecule has 0 radical (unpaired) electrons. The highest BCUT2D eigenvalue weighted by atomic mass is 16.6. The van der Waals surface area contributed by atoms with Gasteiger partial charge < -0.3 is 14.8 Å². The van der Waals surface area contributed by atoms with Gasteiger partial charge in [0.05, 0.1) is 11.9 Å². The molecule has 0 saturated heterocycles. The van der Waals surface area contributed by atoms with Crippen LogP contribution in [0, 0.1) is 5.92 Å². The summed E-state index contributed by atoms with van der Waals surface area (Å²) in [6.07, 6.45) is 6.10. The molecule has 114 valence electrons. The molecule has 0 spiro atoms. The summed E-state index contributed by atoms with van der Waals surface area (Å²) in [5, 5.41) is 7.13. The molecule has 1 saturated carbocycles. The van der Waals surface area contributed by atoms with Gasteiger partial charge in [0, 0.05) is 18.3 Å². The Labute approximate surface area is 128 Å². The number of amides is 1. The first-order valence-corrected chi connectivity index (χ1v) is 7.51. The van der Waals surface area contributed by atoms with Crippen LogP contribution >= 0.6 is 0 Å². The maximum atomic E-state index is 12.3. The van der Waals surface area contributed by atoms with E-state index in [9.17, 15) is 4.79 Å². The molecule has 1 N–H and O–H groups in total. The van der Waals surface area contributed by atoms with Crippen LogP contribution in [0.1, 0.15) is 23.2 Å². The van der Waals surface area contributed by atoms with Crippen molar-refractivity contribution in [3.8, 4) is 11.5 Å². The first-order chi connectivity index (χ1) is 10.8. The molecule has 6 nitrogen and oxygen atoms in total. The molecule has 2 aliphatic rings. The lowest BCUT2D eigenvalue weighted by atomic mass is 10.2. The van der Waals surface area contributed by atoms with E-state index in [0.717, 1.165) is 12.5 Å². The minimum Gasteiger partial charge on any atom is -0.486 e. The SMILES string of the molecule is O=C(Nc1cnn(CC2CC2)c1)c1ccc2c(c1)OCCO2. The molecule has 1 aromatic carbocycles. The lowest BCUT2D eigenvalue weighted by Crippen LogP contribution is -2.17. The summed E-state index contributed by atoms with van der Waals surface area (Å²) in [4.78, 5) is 12.3. The summed E-state index contributed by atoms with van der Waals surface area (Å²) in [5.74, 6) is 1.87. The molecule has 1 aliphatic heterocycles. The second kappa shape index (κ2) is 5.36. The summed E-state index contributed by atoms with van der Waals surface area (Å²) in [7, 11) is 0. The standard InChI is InChI=1S/C16H17N3O3/c20-16(12-3-4-14-15(7-12)22-6-5-21-14)18-13-8-17-19(10-13)9-11-1-2-11/h3-4,7-8,10-11H,1-2,5-6,9H2,(H,18,20). The largest absolute Gasteiger partial charge is 0.486 e. The Kier molecular flexibility index (Phi) is 3.21. The van der Waals surface area contributed by atoms with Gasteiger partial charge in [-0.1, -0.05) is 0 Å². The third-order valence-electron chi connectivity index (χ3n) is 3.84. The topological polar surface area (TPSA) is 65.4 Å². The number of rotatable bonds is 4. The van der Waals surface area contributed by atoms with Crippen molar-refractivity contribution < 1.29 is 14.3 Å². The lowest BCUT2D eigenvalue weighted by molar-refractivity contribution is 0.102. The molecule has 0 bridgehead atoms. The van der Waals surface area contributed by atoms with Crippen LogP contribution in [0.4, 0.5) is 5.69 Å². The lowest BCUT2D eigenvalue weighted by Gasteiger charge is -2.18. The van der Waals surface area contributed by atoms with Gasteiger partial charge in [0.1, 0.15) is 13.2 Å². The van der Waals surface area contributed by atoms with Crippen LogP contribution in [0.15, 0.2) is 30.6 Å². The summed E-state index contributed by atoms with van der Waals surface area (Å²) in [6, 6.07) is 5.20. The Balaban J connectivity index is 1.45. The highest BCUT2D eigenvalue weighted by Gasteiger charge is 2.22. The second-order valence-corrected chi connectivity index (χ2v) is 5.71. The number of hydrogen-bond acceptors (Lipinski definition) is 4. The fourth-order valence-electron chi connectivity index (χ4n) is 2.48. The van der Waals surface area contributed by atoms with E-state index >= 15 is 0 Å². The number of ether oxygens (including phenoxy) is 2. The van der Waals surface area contributed by atoms with Gasteiger partial charge in [-0.25, -0.2) is 0 Å². The number of carbonyl (C=O) groups is 1. The average molecular weight is 299 g/mol. The van der Waals surface area contributed by atoms with Crippen LogP contribution in [0.5, 0.6) is 11.5 Å². The number of hydrogen-bond donors (Lipinski definition) is 1. The van der Waals surface area contributed by atoms with Crippen LogP contribution in [0.2, 0.25) is 0 Å². The van der Waals surface area contributed by atoms with Crippen molar-refractivity contribution in [1.82, 2.24) is 9.78 Å². The Morgan fingerprint density at radius 2 is 2.09 bits per heavy atom. The predicted octanol–water partition coefficient (Wildman–Crippen LogP) is 2.32. The van der Waals surface area contributed by atoms with E-state index in [-0.39, 0.29) is 5.91 Å². The summed E-state index contributed by atoms with van der Waals surface area (Å²) < 4.78 is 12.8. The molecule has 0 atom stereocenters. The zero-order valence-electron chi connectivity index (χ0n) is 12.1. The van der Waals surface area contributed by atoms with Crippen LogP contribution in [-0.4, -0.2) is 28.9 Å². The second-order valence-electron chi connectivity index (χ2n) is 5.71. The third kappa shape index (κ3) is 2.77. The Bertz CT molecular complexity index is 706. The Morgan fingerprint density at radius 3 is 2.91 bits per heavy atom. The molecule has 1 amide bonds. The number of aromatic nitrogens is 2. The molecule has 1 aliphatic carbocycles. The number of nitrogens with zero attached hydrogens (tertiary/aromatic N) is 2. The highest BCUT2D eigenvalue weighted by Crippen LogP contribution is 2.31. The van der Waals surface area contributed by atoms with Crippen molar-refractivity contribution in [2.45, 2.75) is 19.4 Å². The average Bonchev–Trinajstić information content (AvgIpc) is 3.25. The number of benzene rings is 1. The molecule has 2 heterocycles. The Hall–Kier alpha value is -2.50. The van der Waals surface area contributed by atoms with Gasteiger partial charge in [-0.15, -0.1) is 0 Å². The van der Waals surface area contributed by atoms with E-state index in [0.29, 0.717) is 36.0 Å². The van der Waals surface area contributed by atoms with E-state index in [1.54, 1.807) is 24.4 Å². The van der Waals surface area contributed by atoms with Crippen molar-refractivity contribution >= 4 is 11.6 Å². The highest BCUT2D eigenvalue weighted by molar-refractivity contribution is 6.04. The maximum Gasteiger partial charge on any atom is 0.255 e. The molecule has 1 aromatic heterocycles. The number of fused-ring (bicyclic) bond motifs is 1. The molecule has 6 heteroatoms. The number of nitrogens with one attached hydrogen (secondary N) is 1. The first-order valence-electron chi connectivity index (χ1n) is 7.51. The zero-order valence-corrected chi connectivity index (χ0v) is 12.1. The van der Waals surface area contributed by atoms with Gasteiger partial charge in [-0.2, -0.15) is 5.10 Å². The van der Waals surface area contributed by atoms with Gasteiger partial charge >= 0.3 is 0 Å². The minimum absolute atomic E-state index is 0.178. The normalized spacial score (nSPS) is 16.4. The minimum atomic E-state index is -0.178. The fourth-order valence-corrected chi connectivity index (χ4v) is 2.48. The van der Waals surface area contributed by atoms with E-state index in [1.165, 1.54) is 12.8 Å². The monoisotopic (exact) mass is 299 g/mol. The van der Waals surface area contributed by atoms with E-state index < -0.39 is 0 Å². The summed E-state index contributed by atoms with van der Waals surface area (Å²) in [6.45, 7) is 1.98. The summed E-state index contributed by atoms with van der Waals surface area (Å²) >= 11 is 0. The van der Waals surface area contributed by atoms with Gasteiger partial charge in [0.15, 0.2) is 11.5 Å². The van der Waals surface area contributed by atoms with Gasteiger partial charge in [0.2, 0.25) is 0 Å². The van der Waals surface area contributed by atoms with Crippen LogP contribution in [0.3, 0.4) is 0 Å². The molecule has 4 rings (SSSR count). The molecular weight excluding hydrogens is 282 g/mol. The number of anilines is 1. The van der Waals surface area contributed by atoms with Gasteiger partial charge in [-0.3, -0.25) is 9.48 Å². The number of carbonyl (C=O) groups excluding carboxylic acids is 1. The van der Waals surface area contributed by atoms with Crippen molar-refractivity contribution in [2.75, 3.05) is 18.5 Å². The van der Waals surface area contributed by atoms with Crippen molar-refractivity contribution in [2.24, 2.45) is 5.92 Å². The Morgan fingerprint density at radius 1 is 1.27 bits per heavy atom. The summed E-state index contributed by atoms with van der Waals surface area (Å²) in [5.41, 5.74) is 1.25. The van der Waals surface area contributed by atoms with Crippen molar-refractivity contribution in [3.63, 3.8) is 0 Å². The molecule has 1 fully saturated rings. The fraction of sp³-hybridized carbons (Fsp3) is 0.375. The third-order valence-corrected chi connectivity index (χ3v) is 3.84. The van der Waals surface area contributed by atoms with Crippen LogP contribution < -0.4 is 14.8 Å². The van der Waals surface area contributed by atoms with E-state index in [1.807, 2.05) is 10.9 Å². The quantitative estimate of drug-likeness (QED) is 0.941. The maximum absolute atomic E-state index is 12.3. The first kappa shape index (κ1) is 13.2. The smallest absolute Gasteiger partial charge is 0.255 e. The van der Waals surface area contributed by atoms with E-state index in [4.69, 9.17) is 9.47 Å². The molecule has 0 unspecified atom stereocenters. The molecular formula is C16H17N3O3.